The molecule has 0 fully saturated rings. The van der Waals surface area contributed by atoms with Crippen molar-refractivity contribution in [2.24, 2.45) is 0 Å². The van der Waals surface area contributed by atoms with Crippen molar-refractivity contribution in [3.63, 3.8) is 0 Å². The molecule has 0 amide bonds. The first-order chi connectivity index (χ1) is 8.08. The monoisotopic (exact) mass is 234 g/mol. The van der Waals surface area contributed by atoms with Gasteiger partial charge in [0.25, 0.3) is 0 Å². The lowest BCUT2D eigenvalue weighted by atomic mass is 10.3. The van der Waals surface area contributed by atoms with Crippen LogP contribution in [0.15, 0.2) is 30.3 Å². The predicted molar refractivity (Wildman–Crippen MR) is 67.5 cm³/mol. The topological polar surface area (TPSA) is 58.3 Å². The van der Waals surface area contributed by atoms with Crippen molar-refractivity contribution in [2.45, 2.75) is 20.8 Å². The minimum absolute atomic E-state index is 0.250. The van der Waals surface area contributed by atoms with Crippen molar-refractivity contribution < 1.29 is 10.2 Å². The van der Waals surface area contributed by atoms with E-state index in [1.165, 1.54) is 0 Å². The van der Waals surface area contributed by atoms with Gasteiger partial charge in [0.2, 0.25) is 0 Å². The van der Waals surface area contributed by atoms with Crippen LogP contribution in [0.25, 0.3) is 5.69 Å². The van der Waals surface area contributed by atoms with E-state index in [2.05, 4.69) is 5.10 Å². The molecule has 0 atom stereocenters. The van der Waals surface area contributed by atoms with E-state index in [9.17, 15) is 5.11 Å². The SMILES string of the molecule is CCO.Cc1cc(C)n(-c2cccc(O)c2)n1. The van der Waals surface area contributed by atoms with Crippen LogP contribution in [0.4, 0.5) is 0 Å². The summed E-state index contributed by atoms with van der Waals surface area (Å²) in [6.45, 7) is 5.87. The Morgan fingerprint density at radius 2 is 1.88 bits per heavy atom. The summed E-state index contributed by atoms with van der Waals surface area (Å²) in [6.07, 6.45) is 0. The molecule has 0 bridgehead atoms. The highest BCUT2D eigenvalue weighted by molar-refractivity contribution is 5.39. The van der Waals surface area contributed by atoms with E-state index in [4.69, 9.17) is 5.11 Å². The van der Waals surface area contributed by atoms with Gasteiger partial charge in [-0.2, -0.15) is 5.10 Å². The molecular formula is C13H18N2O2. The third-order valence-electron chi connectivity index (χ3n) is 2.08. The maximum absolute atomic E-state index is 9.33. The number of rotatable bonds is 1. The molecule has 0 radical (unpaired) electrons. The Bertz CT molecular complexity index is 478. The summed E-state index contributed by atoms with van der Waals surface area (Å²) in [7, 11) is 0. The molecular weight excluding hydrogens is 216 g/mol. The zero-order valence-electron chi connectivity index (χ0n) is 10.4. The van der Waals surface area contributed by atoms with Crippen molar-refractivity contribution in [1.29, 1.82) is 0 Å². The second-order valence-electron chi connectivity index (χ2n) is 3.67. The third kappa shape index (κ3) is 3.60. The Morgan fingerprint density at radius 3 is 2.35 bits per heavy atom. The lowest BCUT2D eigenvalue weighted by Gasteiger charge is -2.03. The highest BCUT2D eigenvalue weighted by Crippen LogP contribution is 2.16. The number of aromatic nitrogens is 2. The van der Waals surface area contributed by atoms with Gasteiger partial charge in [-0.05, 0) is 39.0 Å². The fourth-order valence-electron chi connectivity index (χ4n) is 1.52. The van der Waals surface area contributed by atoms with Crippen molar-refractivity contribution in [2.75, 3.05) is 6.61 Å². The van der Waals surface area contributed by atoms with Crippen molar-refractivity contribution in [3.8, 4) is 11.4 Å². The molecule has 0 aliphatic rings. The Balaban J connectivity index is 0.000000437. The van der Waals surface area contributed by atoms with Gasteiger partial charge in [-0.3, -0.25) is 0 Å². The fourth-order valence-corrected chi connectivity index (χ4v) is 1.52. The number of phenols is 1. The fraction of sp³-hybridized carbons (Fsp3) is 0.308. The van der Waals surface area contributed by atoms with E-state index >= 15 is 0 Å². The first-order valence-corrected chi connectivity index (χ1v) is 5.52. The molecule has 0 saturated carbocycles. The molecule has 1 aromatic heterocycles. The van der Waals surface area contributed by atoms with Crippen LogP contribution in [-0.4, -0.2) is 26.6 Å². The van der Waals surface area contributed by atoms with Crippen LogP contribution in [0.5, 0.6) is 5.75 Å². The smallest absolute Gasteiger partial charge is 0.117 e. The summed E-state index contributed by atoms with van der Waals surface area (Å²) in [4.78, 5) is 0. The highest BCUT2D eigenvalue weighted by Gasteiger charge is 2.03. The molecule has 4 nitrogen and oxygen atoms in total. The van der Waals surface area contributed by atoms with Crippen LogP contribution >= 0.6 is 0 Å². The summed E-state index contributed by atoms with van der Waals surface area (Å²) in [5.41, 5.74) is 2.93. The highest BCUT2D eigenvalue weighted by atomic mass is 16.3. The summed E-state index contributed by atoms with van der Waals surface area (Å²) < 4.78 is 1.81. The lowest BCUT2D eigenvalue weighted by Crippen LogP contribution is -1.98. The van der Waals surface area contributed by atoms with Gasteiger partial charge in [-0.15, -0.1) is 0 Å². The summed E-state index contributed by atoms with van der Waals surface area (Å²) in [6, 6.07) is 9.07. The van der Waals surface area contributed by atoms with Gasteiger partial charge in [0.1, 0.15) is 5.75 Å². The molecule has 1 heterocycles. The molecule has 0 aliphatic carbocycles. The Labute approximate surface area is 101 Å². The summed E-state index contributed by atoms with van der Waals surface area (Å²) >= 11 is 0. The second kappa shape index (κ2) is 6.06. The Hall–Kier alpha value is -1.81. The van der Waals surface area contributed by atoms with Gasteiger partial charge < -0.3 is 10.2 Å². The van der Waals surface area contributed by atoms with Crippen molar-refractivity contribution in [3.05, 3.63) is 41.7 Å². The van der Waals surface area contributed by atoms with Crippen molar-refractivity contribution >= 4 is 0 Å². The molecule has 1 aromatic carbocycles. The molecule has 0 aliphatic heterocycles. The number of hydrogen-bond donors (Lipinski definition) is 2. The van der Waals surface area contributed by atoms with E-state index in [-0.39, 0.29) is 12.4 Å². The molecule has 0 saturated heterocycles. The van der Waals surface area contributed by atoms with E-state index in [1.807, 2.05) is 30.7 Å². The van der Waals surface area contributed by atoms with E-state index in [0.29, 0.717) is 0 Å². The largest absolute Gasteiger partial charge is 0.508 e. The molecule has 2 rings (SSSR count). The average Bonchev–Trinajstić information content (AvgIpc) is 2.59. The number of aliphatic hydroxyl groups excluding tert-OH is 1. The Morgan fingerprint density at radius 1 is 1.24 bits per heavy atom. The van der Waals surface area contributed by atoms with E-state index in [0.717, 1.165) is 17.1 Å². The quantitative estimate of drug-likeness (QED) is 0.795. The molecule has 2 aromatic rings. The van der Waals surface area contributed by atoms with Gasteiger partial charge in [0.05, 0.1) is 11.4 Å². The number of aryl methyl sites for hydroxylation is 2. The van der Waals surface area contributed by atoms with E-state index < -0.39 is 0 Å². The number of nitrogens with zero attached hydrogens (tertiary/aromatic N) is 2. The van der Waals surface area contributed by atoms with Crippen LogP contribution in [0.1, 0.15) is 18.3 Å². The second-order valence-corrected chi connectivity index (χ2v) is 3.67. The van der Waals surface area contributed by atoms with Gasteiger partial charge in [0, 0.05) is 18.4 Å². The standard InChI is InChI=1S/C11H12N2O.C2H6O/c1-8-6-9(2)13(12-8)10-4-3-5-11(14)7-10;1-2-3/h3-7,14H,1-2H3;3H,2H2,1H3. The van der Waals surface area contributed by atoms with Gasteiger partial charge in [0.15, 0.2) is 0 Å². The van der Waals surface area contributed by atoms with Gasteiger partial charge in [-0.1, -0.05) is 6.07 Å². The maximum atomic E-state index is 9.33. The molecule has 92 valence electrons. The number of aliphatic hydroxyl groups is 1. The lowest BCUT2D eigenvalue weighted by molar-refractivity contribution is 0.318. The average molecular weight is 234 g/mol. The normalized spacial score (nSPS) is 9.65. The minimum Gasteiger partial charge on any atom is -0.508 e. The zero-order chi connectivity index (χ0) is 12.8. The first-order valence-electron chi connectivity index (χ1n) is 5.52. The summed E-state index contributed by atoms with van der Waals surface area (Å²) in [5.74, 6) is 0.259. The van der Waals surface area contributed by atoms with Crippen LogP contribution in [0.3, 0.4) is 0 Å². The van der Waals surface area contributed by atoms with E-state index in [1.54, 1.807) is 25.1 Å². The van der Waals surface area contributed by atoms with Gasteiger partial charge in [-0.25, -0.2) is 4.68 Å². The van der Waals surface area contributed by atoms with Crippen LogP contribution in [0.2, 0.25) is 0 Å². The maximum Gasteiger partial charge on any atom is 0.117 e. The zero-order valence-corrected chi connectivity index (χ0v) is 10.4. The predicted octanol–water partition coefficient (Wildman–Crippen LogP) is 2.19. The van der Waals surface area contributed by atoms with Gasteiger partial charge >= 0.3 is 0 Å². The van der Waals surface area contributed by atoms with Crippen LogP contribution in [0, 0.1) is 13.8 Å². The molecule has 0 unspecified atom stereocenters. The third-order valence-corrected chi connectivity index (χ3v) is 2.08. The minimum atomic E-state index is 0.250. The van der Waals surface area contributed by atoms with Crippen molar-refractivity contribution in [1.82, 2.24) is 9.78 Å². The van der Waals surface area contributed by atoms with Crippen LogP contribution < -0.4 is 0 Å². The first kappa shape index (κ1) is 13.3. The number of hydrogen-bond acceptors (Lipinski definition) is 3. The number of phenolic OH excluding ortho intramolecular Hbond substituents is 1. The molecule has 2 N–H and O–H groups in total. The Kier molecular flexibility index (Phi) is 4.72. The van der Waals surface area contributed by atoms with Crippen LogP contribution in [-0.2, 0) is 0 Å². The molecule has 4 heteroatoms. The summed E-state index contributed by atoms with van der Waals surface area (Å²) in [5, 5.41) is 21.2. The number of aromatic hydroxyl groups is 1. The molecule has 17 heavy (non-hydrogen) atoms. The number of benzene rings is 1. The molecule has 0 spiro atoms.